The lowest BCUT2D eigenvalue weighted by Crippen LogP contribution is -2.23. The summed E-state index contributed by atoms with van der Waals surface area (Å²) in [5.74, 6) is 4.76. The van der Waals surface area contributed by atoms with Crippen molar-refractivity contribution in [3.05, 3.63) is 0 Å². The number of nitrogens with zero attached hydrogens (tertiary/aromatic N) is 2. The van der Waals surface area contributed by atoms with E-state index in [-0.39, 0.29) is 5.23 Å². The van der Waals surface area contributed by atoms with Crippen LogP contribution in [0.3, 0.4) is 0 Å². The van der Waals surface area contributed by atoms with Crippen molar-refractivity contribution in [2.24, 2.45) is 5.84 Å². The van der Waals surface area contributed by atoms with Gasteiger partial charge in [0.2, 0.25) is 0 Å². The lowest BCUT2D eigenvalue weighted by Gasteiger charge is -2.09. The first-order chi connectivity index (χ1) is 4.63. The number of unbranched alkanes of at least 4 members (excludes halogenated alkanes) is 1. The lowest BCUT2D eigenvalue weighted by molar-refractivity contribution is 0.0227. The van der Waals surface area contributed by atoms with Gasteiger partial charge in [0.1, 0.15) is 0 Å². The summed E-state index contributed by atoms with van der Waals surface area (Å²) in [6.45, 7) is 1.32. The summed E-state index contributed by atoms with van der Waals surface area (Å²) in [6.07, 6.45) is 1.80. The summed E-state index contributed by atoms with van der Waals surface area (Å²) in [5.41, 5.74) is 0. The van der Waals surface area contributed by atoms with Crippen molar-refractivity contribution in [1.82, 2.24) is 10.1 Å². The molecule has 0 aliphatic heterocycles. The molecule has 0 saturated carbocycles. The molecule has 0 radical (unpaired) electrons. The van der Waals surface area contributed by atoms with Crippen LogP contribution in [0, 0.1) is 0 Å². The number of hydrazine groups is 1. The highest BCUT2D eigenvalue weighted by atomic mass is 19.2. The summed E-state index contributed by atoms with van der Waals surface area (Å²) in [4.78, 5) is 2.07. The molecule has 0 aliphatic carbocycles. The number of hydrogen-bond donors (Lipinski definition) is 1. The molecule has 3 nitrogen and oxygen atoms in total. The Labute approximate surface area is 61.5 Å². The Hall–Kier alpha value is -0.190. The quantitative estimate of drug-likeness (QED) is 0.265. The zero-order chi connectivity index (χ0) is 7.98. The van der Waals surface area contributed by atoms with Crippen molar-refractivity contribution in [1.29, 1.82) is 0 Å². The zero-order valence-electron chi connectivity index (χ0n) is 6.68. The van der Waals surface area contributed by atoms with Crippen molar-refractivity contribution in [2.45, 2.75) is 12.8 Å². The van der Waals surface area contributed by atoms with E-state index in [0.717, 1.165) is 19.4 Å². The molecule has 0 saturated heterocycles. The van der Waals surface area contributed by atoms with Crippen LogP contribution in [-0.4, -0.2) is 37.3 Å². The van der Waals surface area contributed by atoms with E-state index in [2.05, 4.69) is 4.90 Å². The number of hydrogen-bond acceptors (Lipinski definition) is 3. The maximum atomic E-state index is 11.8. The monoisotopic (exact) mass is 149 g/mol. The molecule has 0 fully saturated rings. The van der Waals surface area contributed by atoms with Crippen molar-refractivity contribution in [2.75, 3.05) is 27.2 Å². The Bertz CT molecular complexity index is 65.4. The maximum Gasteiger partial charge on any atom is 0.0450 e. The van der Waals surface area contributed by atoms with E-state index < -0.39 is 0 Å². The van der Waals surface area contributed by atoms with E-state index in [0.29, 0.717) is 6.54 Å². The van der Waals surface area contributed by atoms with Crippen molar-refractivity contribution < 1.29 is 4.48 Å². The first-order valence-corrected chi connectivity index (χ1v) is 3.45. The second-order valence-corrected chi connectivity index (χ2v) is 2.63. The third kappa shape index (κ3) is 7.81. The maximum absolute atomic E-state index is 11.8. The van der Waals surface area contributed by atoms with Crippen molar-refractivity contribution >= 4 is 0 Å². The Morgan fingerprint density at radius 3 is 2.10 bits per heavy atom. The molecular weight excluding hydrogens is 133 g/mol. The van der Waals surface area contributed by atoms with Gasteiger partial charge in [0.05, 0.1) is 0 Å². The molecule has 0 aromatic rings. The highest BCUT2D eigenvalue weighted by molar-refractivity contribution is 4.45. The molecule has 0 atom stereocenters. The molecule has 0 aromatic carbocycles. The molecule has 0 rings (SSSR count). The standard InChI is InChI=1S/C6H16FN3/c1-9(2)5-3-4-6-10(7)8/h3-6,8H2,1-2H3. The molecule has 0 aromatic heterocycles. The number of rotatable bonds is 5. The van der Waals surface area contributed by atoms with Crippen LogP contribution in [0.5, 0.6) is 0 Å². The molecule has 4 heteroatoms. The molecule has 62 valence electrons. The van der Waals surface area contributed by atoms with Gasteiger partial charge >= 0.3 is 0 Å². The predicted octanol–water partition coefficient (Wildman–Crippen LogP) is 0.388. The molecule has 0 unspecified atom stereocenters. The van der Waals surface area contributed by atoms with Crippen molar-refractivity contribution in [3.8, 4) is 0 Å². The van der Waals surface area contributed by atoms with Gasteiger partial charge in [-0.1, -0.05) is 5.23 Å². The Morgan fingerprint density at radius 1 is 1.20 bits per heavy atom. The van der Waals surface area contributed by atoms with Gasteiger partial charge in [-0.05, 0) is 33.5 Å². The smallest absolute Gasteiger partial charge is 0.0450 e. The van der Waals surface area contributed by atoms with Gasteiger partial charge in [-0.2, -0.15) is 0 Å². The second-order valence-electron chi connectivity index (χ2n) is 2.63. The van der Waals surface area contributed by atoms with Crippen LogP contribution >= 0.6 is 0 Å². The zero-order valence-corrected chi connectivity index (χ0v) is 6.68. The van der Waals surface area contributed by atoms with Gasteiger partial charge in [-0.3, -0.25) is 0 Å². The van der Waals surface area contributed by atoms with E-state index in [1.807, 2.05) is 14.1 Å². The van der Waals surface area contributed by atoms with Crippen LogP contribution in [0.1, 0.15) is 12.8 Å². The largest absolute Gasteiger partial charge is 0.309 e. The van der Waals surface area contributed by atoms with Crippen molar-refractivity contribution in [3.63, 3.8) is 0 Å². The van der Waals surface area contributed by atoms with Crippen LogP contribution in [-0.2, 0) is 0 Å². The fraction of sp³-hybridized carbons (Fsp3) is 1.00. The molecule has 0 amide bonds. The minimum absolute atomic E-state index is 0.232. The molecule has 0 spiro atoms. The molecule has 0 heterocycles. The first kappa shape index (κ1) is 9.81. The van der Waals surface area contributed by atoms with Gasteiger partial charge in [-0.25, -0.2) is 5.84 Å². The summed E-state index contributed by atoms with van der Waals surface area (Å²) < 4.78 is 11.8. The van der Waals surface area contributed by atoms with Crippen LogP contribution in [0.2, 0.25) is 0 Å². The lowest BCUT2D eigenvalue weighted by atomic mass is 10.3. The van der Waals surface area contributed by atoms with E-state index in [4.69, 9.17) is 5.84 Å². The van der Waals surface area contributed by atoms with Gasteiger partial charge in [0.15, 0.2) is 0 Å². The highest BCUT2D eigenvalue weighted by Crippen LogP contribution is 1.91. The molecule has 10 heavy (non-hydrogen) atoms. The Morgan fingerprint density at radius 2 is 1.70 bits per heavy atom. The van der Waals surface area contributed by atoms with Gasteiger partial charge < -0.3 is 4.90 Å². The average Bonchev–Trinajstić information content (AvgIpc) is 1.79. The molecular formula is C6H16FN3. The predicted molar refractivity (Wildman–Crippen MR) is 39.8 cm³/mol. The van der Waals surface area contributed by atoms with E-state index in [1.54, 1.807) is 0 Å². The second kappa shape index (κ2) is 5.58. The minimum Gasteiger partial charge on any atom is -0.309 e. The van der Waals surface area contributed by atoms with E-state index >= 15 is 0 Å². The number of nitrogens with two attached hydrogens (primary N) is 1. The van der Waals surface area contributed by atoms with E-state index in [9.17, 15) is 4.48 Å². The van der Waals surface area contributed by atoms with Crippen LogP contribution in [0.15, 0.2) is 0 Å². The molecule has 0 aliphatic rings. The molecule has 2 N–H and O–H groups in total. The summed E-state index contributed by atoms with van der Waals surface area (Å²) >= 11 is 0. The van der Waals surface area contributed by atoms with E-state index in [1.165, 1.54) is 0 Å². The van der Waals surface area contributed by atoms with Gasteiger partial charge in [-0.15, -0.1) is 4.48 Å². The van der Waals surface area contributed by atoms with Gasteiger partial charge in [0.25, 0.3) is 0 Å². The highest BCUT2D eigenvalue weighted by Gasteiger charge is 1.94. The fourth-order valence-corrected chi connectivity index (χ4v) is 0.691. The van der Waals surface area contributed by atoms with Gasteiger partial charge in [0, 0.05) is 6.54 Å². The third-order valence-corrected chi connectivity index (χ3v) is 1.23. The normalized spacial score (nSPS) is 11.4. The summed E-state index contributed by atoms with van der Waals surface area (Å²) in [5, 5.41) is 0.232. The minimum atomic E-state index is 0.232. The average molecular weight is 149 g/mol. The Balaban J connectivity index is 2.91. The SMILES string of the molecule is CN(C)CCCCN(N)F. The van der Waals surface area contributed by atoms with Crippen LogP contribution < -0.4 is 5.84 Å². The van der Waals surface area contributed by atoms with Crippen LogP contribution in [0.25, 0.3) is 0 Å². The Kier molecular flexibility index (Phi) is 5.48. The third-order valence-electron chi connectivity index (χ3n) is 1.23. The fourth-order valence-electron chi connectivity index (χ4n) is 0.691. The number of halogens is 1. The van der Waals surface area contributed by atoms with Crippen LogP contribution in [0.4, 0.5) is 4.48 Å². The molecule has 0 bridgehead atoms. The summed E-state index contributed by atoms with van der Waals surface area (Å²) in [7, 11) is 3.99. The topological polar surface area (TPSA) is 32.5 Å². The summed E-state index contributed by atoms with van der Waals surface area (Å²) in [6, 6.07) is 0. The first-order valence-electron chi connectivity index (χ1n) is 3.45.